The Kier molecular flexibility index (Phi) is 3.55. The summed E-state index contributed by atoms with van der Waals surface area (Å²) in [6, 6.07) is 4.03. The van der Waals surface area contributed by atoms with Gasteiger partial charge in [-0.2, -0.15) is 8.42 Å². The molecule has 1 aromatic carbocycles. The van der Waals surface area contributed by atoms with Crippen molar-refractivity contribution in [3.05, 3.63) is 29.6 Å². The second-order valence-electron chi connectivity index (χ2n) is 4.25. The quantitative estimate of drug-likeness (QED) is 0.830. The average molecular weight is 290 g/mol. The van der Waals surface area contributed by atoms with Crippen LogP contribution in [0.2, 0.25) is 0 Å². The molecule has 1 heterocycles. The van der Waals surface area contributed by atoms with Crippen LogP contribution in [-0.2, 0) is 21.6 Å². The Morgan fingerprint density at radius 1 is 1.42 bits per heavy atom. The molecule has 0 spiro atoms. The summed E-state index contributed by atoms with van der Waals surface area (Å²) in [6.45, 7) is -0.465. The van der Waals surface area contributed by atoms with Gasteiger partial charge in [-0.1, -0.05) is 6.07 Å². The van der Waals surface area contributed by atoms with Gasteiger partial charge in [0.1, 0.15) is 11.1 Å². The van der Waals surface area contributed by atoms with Crippen molar-refractivity contribution in [2.45, 2.75) is 18.2 Å². The highest BCUT2D eigenvalue weighted by molar-refractivity contribution is 7.87. The molecule has 1 saturated heterocycles. The summed E-state index contributed by atoms with van der Waals surface area (Å²) in [5.41, 5.74) is 5.71. The first-order chi connectivity index (χ1) is 8.84. The van der Waals surface area contributed by atoms with E-state index < -0.39 is 33.6 Å². The van der Waals surface area contributed by atoms with Crippen LogP contribution >= 0.6 is 0 Å². The van der Waals surface area contributed by atoms with Gasteiger partial charge < -0.3 is 10.6 Å². The van der Waals surface area contributed by atoms with Crippen molar-refractivity contribution in [3.8, 4) is 0 Å². The van der Waals surface area contributed by atoms with Gasteiger partial charge in [0, 0.05) is 25.1 Å². The van der Waals surface area contributed by atoms with Crippen LogP contribution in [0.15, 0.2) is 18.2 Å². The molecular weight excluding hydrogens is 278 g/mol. The number of carbonyl (C=O) groups is 1. The molecule has 1 fully saturated rings. The smallest absolute Gasteiger partial charge is 0.307 e. The van der Waals surface area contributed by atoms with Crippen molar-refractivity contribution in [1.29, 1.82) is 0 Å². The molecule has 1 aliphatic rings. The molecule has 0 bridgehead atoms. The lowest BCUT2D eigenvalue weighted by molar-refractivity contribution is -0.117. The van der Waals surface area contributed by atoms with Crippen LogP contribution in [0.4, 0.5) is 14.0 Å². The standard InChI is InChI=1S/C11H12F2N2O3S/c12-9-2-1-3-10(8(9)5-14)15-6-7(4-11(15)16)19(13,17)18/h1-3,7H,4-6,14H2. The number of anilines is 1. The molecule has 8 heteroatoms. The average Bonchev–Trinajstić information content (AvgIpc) is 2.70. The number of hydrogen-bond acceptors (Lipinski definition) is 4. The summed E-state index contributed by atoms with van der Waals surface area (Å²) >= 11 is 0. The molecule has 104 valence electrons. The molecule has 5 nitrogen and oxygen atoms in total. The summed E-state index contributed by atoms with van der Waals surface area (Å²) in [5, 5.41) is -1.41. The maximum atomic E-state index is 13.6. The van der Waals surface area contributed by atoms with Crippen LogP contribution in [-0.4, -0.2) is 26.1 Å². The Bertz CT molecular complexity index is 618. The first kappa shape index (κ1) is 13.9. The zero-order chi connectivity index (χ0) is 14.2. The highest BCUT2D eigenvalue weighted by atomic mass is 32.3. The summed E-state index contributed by atoms with van der Waals surface area (Å²) in [7, 11) is -4.79. The zero-order valence-corrected chi connectivity index (χ0v) is 10.7. The Morgan fingerprint density at radius 2 is 2.11 bits per heavy atom. The van der Waals surface area contributed by atoms with Gasteiger partial charge in [-0.15, -0.1) is 3.89 Å². The topological polar surface area (TPSA) is 80.5 Å². The Balaban J connectivity index is 2.39. The second kappa shape index (κ2) is 4.86. The fourth-order valence-corrected chi connectivity index (χ4v) is 2.77. The van der Waals surface area contributed by atoms with Crippen LogP contribution in [0.1, 0.15) is 12.0 Å². The van der Waals surface area contributed by atoms with E-state index in [2.05, 4.69) is 0 Å². The Labute approximate surface area is 109 Å². The van der Waals surface area contributed by atoms with Crippen molar-refractivity contribution >= 4 is 21.8 Å². The number of nitrogens with two attached hydrogens (primary N) is 1. The van der Waals surface area contributed by atoms with Gasteiger partial charge in [0.2, 0.25) is 5.91 Å². The van der Waals surface area contributed by atoms with Crippen molar-refractivity contribution in [2.24, 2.45) is 5.73 Å². The van der Waals surface area contributed by atoms with Crippen LogP contribution < -0.4 is 10.6 Å². The van der Waals surface area contributed by atoms with Gasteiger partial charge in [0.05, 0.1) is 5.69 Å². The number of nitrogens with zero attached hydrogens (tertiary/aromatic N) is 1. The number of amides is 1. The minimum absolute atomic E-state index is 0.104. The number of carbonyl (C=O) groups excluding carboxylic acids is 1. The van der Waals surface area contributed by atoms with Gasteiger partial charge in [-0.25, -0.2) is 4.39 Å². The molecule has 0 aliphatic carbocycles. The van der Waals surface area contributed by atoms with Crippen LogP contribution in [0.3, 0.4) is 0 Å². The summed E-state index contributed by atoms with van der Waals surface area (Å²) < 4.78 is 48.1. The SMILES string of the molecule is NCc1c(F)cccc1N1CC(S(=O)(=O)F)CC1=O. The first-order valence-electron chi connectivity index (χ1n) is 5.56. The third kappa shape index (κ3) is 2.59. The number of benzene rings is 1. The third-order valence-electron chi connectivity index (χ3n) is 3.08. The van der Waals surface area contributed by atoms with E-state index in [1.54, 1.807) is 0 Å². The molecule has 2 rings (SSSR count). The van der Waals surface area contributed by atoms with E-state index >= 15 is 0 Å². The fraction of sp³-hybridized carbons (Fsp3) is 0.364. The molecule has 1 atom stereocenters. The van der Waals surface area contributed by atoms with E-state index in [1.807, 2.05) is 0 Å². The van der Waals surface area contributed by atoms with Crippen LogP contribution in [0, 0.1) is 5.82 Å². The Morgan fingerprint density at radius 3 is 2.63 bits per heavy atom. The summed E-state index contributed by atoms with van der Waals surface area (Å²) in [5.74, 6) is -1.15. The van der Waals surface area contributed by atoms with Crippen LogP contribution in [0.5, 0.6) is 0 Å². The molecule has 19 heavy (non-hydrogen) atoms. The van der Waals surface area contributed by atoms with E-state index in [1.165, 1.54) is 18.2 Å². The van der Waals surface area contributed by atoms with E-state index in [-0.39, 0.29) is 24.3 Å². The molecule has 1 aromatic rings. The predicted molar refractivity (Wildman–Crippen MR) is 65.1 cm³/mol. The molecule has 1 aliphatic heterocycles. The highest BCUT2D eigenvalue weighted by Crippen LogP contribution is 2.29. The maximum absolute atomic E-state index is 13.6. The van der Waals surface area contributed by atoms with Crippen molar-refractivity contribution in [2.75, 3.05) is 11.4 Å². The lowest BCUT2D eigenvalue weighted by Crippen LogP contribution is -2.28. The normalized spacial score (nSPS) is 20.1. The summed E-state index contributed by atoms with van der Waals surface area (Å²) in [6.07, 6.45) is -0.445. The molecule has 1 amide bonds. The van der Waals surface area contributed by atoms with Gasteiger partial charge >= 0.3 is 10.2 Å². The van der Waals surface area contributed by atoms with E-state index in [0.29, 0.717) is 0 Å². The highest BCUT2D eigenvalue weighted by Gasteiger charge is 2.39. The van der Waals surface area contributed by atoms with E-state index in [0.717, 1.165) is 4.90 Å². The fourth-order valence-electron chi connectivity index (χ4n) is 2.10. The minimum Gasteiger partial charge on any atom is -0.326 e. The monoisotopic (exact) mass is 290 g/mol. The Hall–Kier alpha value is -1.54. The predicted octanol–water partition coefficient (Wildman–Crippen LogP) is 0.689. The van der Waals surface area contributed by atoms with Crippen molar-refractivity contribution in [1.82, 2.24) is 0 Å². The lowest BCUT2D eigenvalue weighted by atomic mass is 10.1. The molecule has 2 N–H and O–H groups in total. The van der Waals surface area contributed by atoms with E-state index in [4.69, 9.17) is 5.73 Å². The first-order valence-corrected chi connectivity index (χ1v) is 7.00. The van der Waals surface area contributed by atoms with Gasteiger partial charge in [-0.05, 0) is 12.1 Å². The summed E-state index contributed by atoms with van der Waals surface area (Å²) in [4.78, 5) is 12.8. The number of halogens is 2. The number of hydrogen-bond donors (Lipinski definition) is 1. The number of rotatable bonds is 3. The molecule has 0 saturated carbocycles. The largest absolute Gasteiger partial charge is 0.326 e. The minimum atomic E-state index is -4.79. The van der Waals surface area contributed by atoms with Gasteiger partial charge in [0.25, 0.3) is 0 Å². The van der Waals surface area contributed by atoms with Gasteiger partial charge in [0.15, 0.2) is 0 Å². The van der Waals surface area contributed by atoms with Gasteiger partial charge in [-0.3, -0.25) is 4.79 Å². The molecular formula is C11H12F2N2O3S. The lowest BCUT2D eigenvalue weighted by Gasteiger charge is -2.19. The van der Waals surface area contributed by atoms with Crippen molar-refractivity contribution < 1.29 is 21.5 Å². The zero-order valence-electron chi connectivity index (χ0n) is 9.84. The second-order valence-corrected chi connectivity index (χ2v) is 5.87. The van der Waals surface area contributed by atoms with Crippen molar-refractivity contribution in [3.63, 3.8) is 0 Å². The van der Waals surface area contributed by atoms with Crippen LogP contribution in [0.25, 0.3) is 0 Å². The molecule has 1 unspecified atom stereocenters. The molecule has 0 aromatic heterocycles. The van der Waals surface area contributed by atoms with E-state index in [9.17, 15) is 21.5 Å². The maximum Gasteiger partial charge on any atom is 0.307 e. The third-order valence-corrected chi connectivity index (χ3v) is 4.19. The molecule has 0 radical (unpaired) electrons.